The van der Waals surface area contributed by atoms with E-state index in [4.69, 9.17) is 0 Å². The van der Waals surface area contributed by atoms with Gasteiger partial charge in [0.25, 0.3) is 0 Å². The molecule has 0 atom stereocenters. The first kappa shape index (κ1) is 11.4. The average Bonchev–Trinajstić information content (AvgIpc) is 2.94. The van der Waals surface area contributed by atoms with Gasteiger partial charge in [0.1, 0.15) is 0 Å². The molecule has 1 fully saturated rings. The molecule has 1 aliphatic carbocycles. The van der Waals surface area contributed by atoms with Gasteiger partial charge in [-0.1, -0.05) is 0 Å². The summed E-state index contributed by atoms with van der Waals surface area (Å²) >= 11 is 0. The Morgan fingerprint density at radius 2 is 2.12 bits per heavy atom. The highest BCUT2D eigenvalue weighted by Gasteiger charge is 2.37. The number of hydrogen-bond donors (Lipinski definition) is 1. The minimum absolute atomic E-state index is 0.286. The first-order valence-electron chi connectivity index (χ1n) is 5.46. The summed E-state index contributed by atoms with van der Waals surface area (Å²) in [5.74, 6) is 0.286. The van der Waals surface area contributed by atoms with Gasteiger partial charge < -0.3 is 5.73 Å². The van der Waals surface area contributed by atoms with E-state index in [2.05, 4.69) is 10.8 Å². The lowest BCUT2D eigenvalue weighted by atomic mass is 10.2. The Morgan fingerprint density at radius 1 is 1.44 bits per heavy atom. The summed E-state index contributed by atoms with van der Waals surface area (Å²) < 4.78 is 39.0. The lowest BCUT2D eigenvalue weighted by Crippen LogP contribution is -2.50. The third-order valence-electron chi connectivity index (χ3n) is 2.72. The van der Waals surface area contributed by atoms with E-state index in [0.29, 0.717) is 13.1 Å². The molecule has 0 spiro atoms. The van der Waals surface area contributed by atoms with Crippen LogP contribution >= 0.6 is 0 Å². The van der Waals surface area contributed by atoms with Crippen molar-refractivity contribution in [1.29, 1.82) is 0 Å². The van der Waals surface area contributed by atoms with Crippen molar-refractivity contribution in [3.8, 4) is 0 Å². The molecule has 0 amide bonds. The molecule has 0 bridgehead atoms. The van der Waals surface area contributed by atoms with Crippen LogP contribution in [0.3, 0.4) is 0 Å². The van der Waals surface area contributed by atoms with E-state index in [1.54, 1.807) is 0 Å². The van der Waals surface area contributed by atoms with Crippen molar-refractivity contribution in [2.24, 2.45) is 0 Å². The van der Waals surface area contributed by atoms with Crippen LogP contribution in [0.15, 0.2) is 6.07 Å². The highest BCUT2D eigenvalue weighted by Crippen LogP contribution is 2.42. The van der Waals surface area contributed by atoms with Gasteiger partial charge in [-0.25, -0.2) is 0 Å². The van der Waals surface area contributed by atoms with Crippen LogP contribution in [-0.4, -0.2) is 16.3 Å². The number of aromatic nitrogens is 2. The van der Waals surface area contributed by atoms with E-state index >= 15 is 0 Å². The zero-order valence-corrected chi connectivity index (χ0v) is 8.93. The molecular weight excluding hydrogens is 219 g/mol. The predicted molar refractivity (Wildman–Crippen MR) is 51.6 cm³/mol. The minimum atomic E-state index is -4.33. The normalized spacial score (nSPS) is 16.8. The number of aryl methyl sites for hydroxylation is 1. The SMILES string of the molecule is [NH3+]CCCn1nc(C(F)(F)F)cc1C1CC1. The molecule has 2 rings (SSSR count). The molecule has 0 aromatic carbocycles. The van der Waals surface area contributed by atoms with Crippen molar-refractivity contribution in [2.45, 2.75) is 37.9 Å². The van der Waals surface area contributed by atoms with Gasteiger partial charge in [-0.2, -0.15) is 18.3 Å². The van der Waals surface area contributed by atoms with Crippen LogP contribution in [0, 0.1) is 0 Å². The fourth-order valence-electron chi connectivity index (χ4n) is 1.72. The largest absolute Gasteiger partial charge is 0.435 e. The van der Waals surface area contributed by atoms with Crippen molar-refractivity contribution in [3.05, 3.63) is 17.5 Å². The fraction of sp³-hybridized carbons (Fsp3) is 0.700. The summed E-state index contributed by atoms with van der Waals surface area (Å²) in [6.07, 6.45) is -1.61. The zero-order chi connectivity index (χ0) is 11.8. The third kappa shape index (κ3) is 2.37. The lowest BCUT2D eigenvalue weighted by Gasteiger charge is -2.04. The lowest BCUT2D eigenvalue weighted by molar-refractivity contribution is -0.368. The van der Waals surface area contributed by atoms with E-state index in [-0.39, 0.29) is 5.92 Å². The van der Waals surface area contributed by atoms with Gasteiger partial charge in [-0.15, -0.1) is 0 Å². The molecule has 3 N–H and O–H groups in total. The maximum atomic E-state index is 12.5. The Balaban J connectivity index is 2.23. The Kier molecular flexibility index (Phi) is 2.92. The van der Waals surface area contributed by atoms with Crippen LogP contribution in [0.25, 0.3) is 0 Å². The van der Waals surface area contributed by atoms with E-state index in [1.165, 1.54) is 10.7 Å². The van der Waals surface area contributed by atoms with E-state index in [9.17, 15) is 13.2 Å². The van der Waals surface area contributed by atoms with Crippen molar-refractivity contribution >= 4 is 0 Å². The average molecular weight is 234 g/mol. The highest BCUT2D eigenvalue weighted by molar-refractivity contribution is 5.20. The maximum absolute atomic E-state index is 12.5. The Morgan fingerprint density at radius 3 is 2.62 bits per heavy atom. The Hall–Kier alpha value is -1.04. The molecule has 0 radical (unpaired) electrons. The van der Waals surface area contributed by atoms with Crippen LogP contribution in [0.2, 0.25) is 0 Å². The van der Waals surface area contributed by atoms with Gasteiger partial charge in [-0.05, 0) is 18.9 Å². The first-order valence-corrected chi connectivity index (χ1v) is 5.46. The summed E-state index contributed by atoms with van der Waals surface area (Å²) in [6, 6.07) is 1.20. The number of rotatable bonds is 4. The zero-order valence-electron chi connectivity index (χ0n) is 8.93. The molecule has 16 heavy (non-hydrogen) atoms. The molecule has 0 aliphatic heterocycles. The van der Waals surface area contributed by atoms with Crippen LogP contribution in [0.1, 0.15) is 36.6 Å². The second-order valence-corrected chi connectivity index (χ2v) is 4.16. The molecule has 90 valence electrons. The van der Waals surface area contributed by atoms with E-state index < -0.39 is 11.9 Å². The Bertz CT molecular complexity index is 366. The number of nitrogens with zero attached hydrogens (tertiary/aromatic N) is 2. The van der Waals surface area contributed by atoms with Crippen molar-refractivity contribution in [1.82, 2.24) is 9.78 Å². The molecule has 3 nitrogen and oxygen atoms in total. The van der Waals surface area contributed by atoms with E-state index in [0.717, 1.165) is 25.0 Å². The minimum Gasteiger partial charge on any atom is -0.358 e. The fourth-order valence-corrected chi connectivity index (χ4v) is 1.72. The summed E-state index contributed by atoms with van der Waals surface area (Å²) in [5, 5.41) is 3.64. The van der Waals surface area contributed by atoms with Crippen LogP contribution < -0.4 is 5.73 Å². The van der Waals surface area contributed by atoms with Gasteiger partial charge in [0.05, 0.1) is 6.54 Å². The molecule has 0 saturated heterocycles. The van der Waals surface area contributed by atoms with Gasteiger partial charge in [-0.3, -0.25) is 4.68 Å². The smallest absolute Gasteiger partial charge is 0.358 e. The van der Waals surface area contributed by atoms with Crippen LogP contribution in [-0.2, 0) is 12.7 Å². The van der Waals surface area contributed by atoms with Crippen LogP contribution in [0.4, 0.5) is 13.2 Å². The topological polar surface area (TPSA) is 45.5 Å². The van der Waals surface area contributed by atoms with Crippen molar-refractivity contribution < 1.29 is 18.9 Å². The molecule has 1 aromatic rings. The maximum Gasteiger partial charge on any atom is 0.435 e. The van der Waals surface area contributed by atoms with Crippen molar-refractivity contribution in [2.75, 3.05) is 6.54 Å². The summed E-state index contributed by atoms with van der Waals surface area (Å²) in [7, 11) is 0. The quantitative estimate of drug-likeness (QED) is 0.841. The number of halogens is 3. The van der Waals surface area contributed by atoms with Crippen molar-refractivity contribution in [3.63, 3.8) is 0 Å². The molecule has 1 saturated carbocycles. The monoisotopic (exact) mass is 234 g/mol. The number of alkyl halides is 3. The second kappa shape index (κ2) is 4.08. The second-order valence-electron chi connectivity index (χ2n) is 4.16. The van der Waals surface area contributed by atoms with Gasteiger partial charge in [0, 0.05) is 24.6 Å². The Labute approximate surface area is 91.4 Å². The van der Waals surface area contributed by atoms with Gasteiger partial charge >= 0.3 is 6.18 Å². The summed E-state index contributed by atoms with van der Waals surface area (Å²) in [6.45, 7) is 1.25. The molecule has 1 aliphatic rings. The predicted octanol–water partition coefficient (Wildman–Crippen LogP) is 1.41. The molecule has 6 heteroatoms. The van der Waals surface area contributed by atoms with Crippen LogP contribution in [0.5, 0.6) is 0 Å². The summed E-state index contributed by atoms with van der Waals surface area (Å²) in [4.78, 5) is 0. The standard InChI is InChI=1S/C10H14F3N3/c11-10(12,13)9-6-8(7-2-3-7)16(15-9)5-1-4-14/h6-7H,1-5,14H2/p+1. The molecule has 1 heterocycles. The van der Waals surface area contributed by atoms with E-state index in [1.807, 2.05) is 0 Å². The van der Waals surface area contributed by atoms with Gasteiger partial charge in [0.15, 0.2) is 5.69 Å². The molecule has 1 aromatic heterocycles. The molecule has 0 unspecified atom stereocenters. The third-order valence-corrected chi connectivity index (χ3v) is 2.72. The first-order chi connectivity index (χ1) is 7.52. The van der Waals surface area contributed by atoms with Gasteiger partial charge in [0.2, 0.25) is 0 Å². The number of quaternary nitrogens is 1. The highest BCUT2D eigenvalue weighted by atomic mass is 19.4. The summed E-state index contributed by atoms with van der Waals surface area (Å²) in [5.41, 5.74) is 3.65. The molecular formula is C10H15F3N3+. The number of hydrogen-bond acceptors (Lipinski definition) is 1.